The molecule has 0 aliphatic carbocycles. The third kappa shape index (κ3) is 3.81. The second-order valence-electron chi connectivity index (χ2n) is 5.04. The third-order valence-corrected chi connectivity index (χ3v) is 3.77. The second kappa shape index (κ2) is 7.02. The van der Waals surface area contributed by atoms with Crippen molar-refractivity contribution in [2.75, 3.05) is 6.61 Å². The van der Waals surface area contributed by atoms with E-state index in [0.717, 1.165) is 16.9 Å². The maximum Gasteiger partial charge on any atom is 0.137 e. The Morgan fingerprint density at radius 1 is 1.38 bits per heavy atom. The molecule has 0 bridgehead atoms. The summed E-state index contributed by atoms with van der Waals surface area (Å²) in [5.74, 6) is -0.293. The second-order valence-corrected chi connectivity index (χ2v) is 5.40. The van der Waals surface area contributed by atoms with Crippen molar-refractivity contribution in [1.29, 1.82) is 0 Å². The topological polar surface area (TPSA) is 50.1 Å². The van der Waals surface area contributed by atoms with E-state index in [1.165, 1.54) is 12.1 Å². The van der Waals surface area contributed by atoms with Gasteiger partial charge in [0.25, 0.3) is 0 Å². The van der Waals surface area contributed by atoms with Crippen LogP contribution in [0.3, 0.4) is 0 Å². The molecule has 0 radical (unpaired) electrons. The molecular weight excluding hydrogens is 293 g/mol. The quantitative estimate of drug-likeness (QED) is 0.862. The van der Waals surface area contributed by atoms with Gasteiger partial charge in [-0.25, -0.2) is 9.07 Å². The van der Waals surface area contributed by atoms with Gasteiger partial charge in [0, 0.05) is 24.8 Å². The van der Waals surface area contributed by atoms with E-state index in [1.54, 1.807) is 16.8 Å². The van der Waals surface area contributed by atoms with Crippen molar-refractivity contribution >= 4 is 11.6 Å². The van der Waals surface area contributed by atoms with Gasteiger partial charge in [0.05, 0.1) is 11.4 Å². The lowest BCUT2D eigenvalue weighted by Gasteiger charge is -2.12. The Morgan fingerprint density at radius 2 is 2.05 bits per heavy atom. The average Bonchev–Trinajstić information content (AvgIpc) is 2.73. The fraction of sp³-hybridized carbons (Fsp3) is 0.400. The molecule has 21 heavy (non-hydrogen) atoms. The van der Waals surface area contributed by atoms with E-state index < -0.39 is 0 Å². The smallest absolute Gasteiger partial charge is 0.137 e. The van der Waals surface area contributed by atoms with Gasteiger partial charge >= 0.3 is 0 Å². The van der Waals surface area contributed by atoms with Crippen LogP contribution in [0.5, 0.6) is 0 Å². The molecule has 4 nitrogen and oxygen atoms in total. The van der Waals surface area contributed by atoms with E-state index in [2.05, 4.69) is 10.4 Å². The summed E-state index contributed by atoms with van der Waals surface area (Å²) in [7, 11) is 0. The van der Waals surface area contributed by atoms with E-state index in [4.69, 9.17) is 16.7 Å². The van der Waals surface area contributed by atoms with E-state index in [-0.39, 0.29) is 18.5 Å². The Balaban J connectivity index is 2.19. The van der Waals surface area contributed by atoms with Crippen molar-refractivity contribution in [2.45, 2.75) is 32.9 Å². The highest BCUT2D eigenvalue weighted by atomic mass is 35.5. The molecule has 1 unspecified atom stereocenters. The summed E-state index contributed by atoms with van der Waals surface area (Å²) in [5, 5.41) is 17.1. The highest BCUT2D eigenvalue weighted by Crippen LogP contribution is 2.23. The van der Waals surface area contributed by atoms with Crippen molar-refractivity contribution in [3.05, 3.63) is 46.5 Å². The molecule has 114 valence electrons. The number of hydrogen-bond donors (Lipinski definition) is 2. The summed E-state index contributed by atoms with van der Waals surface area (Å²) in [4.78, 5) is 0. The zero-order valence-corrected chi connectivity index (χ0v) is 12.9. The predicted molar refractivity (Wildman–Crippen MR) is 81.3 cm³/mol. The molecule has 0 saturated heterocycles. The Bertz CT molecular complexity index is 598. The molecule has 1 atom stereocenters. The molecular formula is C15H19ClFN3O. The van der Waals surface area contributed by atoms with Crippen molar-refractivity contribution in [3.63, 3.8) is 0 Å². The van der Waals surface area contributed by atoms with Gasteiger partial charge in [-0.3, -0.25) is 0 Å². The van der Waals surface area contributed by atoms with Gasteiger partial charge in [-0.1, -0.05) is 11.6 Å². The lowest BCUT2D eigenvalue weighted by atomic mass is 10.2. The number of aliphatic hydroxyl groups is 1. The van der Waals surface area contributed by atoms with Gasteiger partial charge in [-0.15, -0.1) is 0 Å². The van der Waals surface area contributed by atoms with Crippen molar-refractivity contribution < 1.29 is 9.50 Å². The van der Waals surface area contributed by atoms with E-state index in [9.17, 15) is 4.39 Å². The van der Waals surface area contributed by atoms with E-state index in [1.807, 2.05) is 13.8 Å². The van der Waals surface area contributed by atoms with Gasteiger partial charge in [0.15, 0.2) is 0 Å². The van der Waals surface area contributed by atoms with Crippen LogP contribution < -0.4 is 5.32 Å². The minimum absolute atomic E-state index is 0.149. The highest BCUT2D eigenvalue weighted by Gasteiger charge is 2.15. The standard InChI is InChI=1S/C15H19ClFN3O/c1-10(7-8-21)18-9-14-11(2)19-20(15(14)16)13-5-3-12(17)4-6-13/h3-6,10,18,21H,7-9H2,1-2H3. The number of aryl methyl sites for hydroxylation is 1. The molecule has 2 aromatic rings. The first-order valence-electron chi connectivity index (χ1n) is 6.87. The maximum atomic E-state index is 13.0. The summed E-state index contributed by atoms with van der Waals surface area (Å²) < 4.78 is 14.6. The number of aliphatic hydroxyl groups excluding tert-OH is 1. The monoisotopic (exact) mass is 311 g/mol. The lowest BCUT2D eigenvalue weighted by molar-refractivity contribution is 0.268. The summed E-state index contributed by atoms with van der Waals surface area (Å²) in [6.07, 6.45) is 0.683. The Morgan fingerprint density at radius 3 is 2.67 bits per heavy atom. The van der Waals surface area contributed by atoms with Crippen LogP contribution in [0.1, 0.15) is 24.6 Å². The van der Waals surface area contributed by atoms with Crippen LogP contribution in [-0.4, -0.2) is 27.5 Å². The highest BCUT2D eigenvalue weighted by molar-refractivity contribution is 6.30. The number of hydrogen-bond acceptors (Lipinski definition) is 3. The van der Waals surface area contributed by atoms with Crippen LogP contribution >= 0.6 is 11.6 Å². The van der Waals surface area contributed by atoms with Gasteiger partial charge in [0.2, 0.25) is 0 Å². The van der Waals surface area contributed by atoms with Crippen LogP contribution in [-0.2, 0) is 6.54 Å². The summed E-state index contributed by atoms with van der Waals surface area (Å²) in [6.45, 7) is 4.62. The van der Waals surface area contributed by atoms with Gasteiger partial charge in [0.1, 0.15) is 11.0 Å². The SMILES string of the molecule is Cc1nn(-c2ccc(F)cc2)c(Cl)c1CNC(C)CCO. The van der Waals surface area contributed by atoms with Crippen LogP contribution in [0.2, 0.25) is 5.15 Å². The molecule has 6 heteroatoms. The predicted octanol–water partition coefficient (Wildman–Crippen LogP) is 2.83. The fourth-order valence-electron chi connectivity index (χ4n) is 2.06. The van der Waals surface area contributed by atoms with Gasteiger partial charge in [-0.05, 0) is 44.5 Å². The largest absolute Gasteiger partial charge is 0.396 e. The first-order valence-corrected chi connectivity index (χ1v) is 7.25. The molecule has 0 amide bonds. The Hall–Kier alpha value is -1.43. The molecule has 2 rings (SSSR count). The molecule has 0 saturated carbocycles. The molecule has 0 spiro atoms. The van der Waals surface area contributed by atoms with Crippen molar-refractivity contribution in [3.8, 4) is 5.69 Å². The molecule has 1 heterocycles. The number of aromatic nitrogens is 2. The van der Waals surface area contributed by atoms with Crippen molar-refractivity contribution in [1.82, 2.24) is 15.1 Å². The van der Waals surface area contributed by atoms with Crippen LogP contribution in [0.15, 0.2) is 24.3 Å². The molecule has 1 aromatic heterocycles. The average molecular weight is 312 g/mol. The number of benzene rings is 1. The molecule has 0 aliphatic heterocycles. The van der Waals surface area contributed by atoms with E-state index >= 15 is 0 Å². The molecule has 1 aromatic carbocycles. The number of nitrogens with one attached hydrogen (secondary N) is 1. The number of nitrogens with zero attached hydrogens (tertiary/aromatic N) is 2. The van der Waals surface area contributed by atoms with Crippen LogP contribution in [0.25, 0.3) is 5.69 Å². The summed E-state index contributed by atoms with van der Waals surface area (Å²) in [5.41, 5.74) is 2.46. The molecule has 2 N–H and O–H groups in total. The van der Waals surface area contributed by atoms with Gasteiger partial charge < -0.3 is 10.4 Å². The normalized spacial score (nSPS) is 12.6. The van der Waals surface area contributed by atoms with Crippen molar-refractivity contribution in [2.24, 2.45) is 0 Å². The first kappa shape index (κ1) is 15.9. The number of rotatable bonds is 6. The zero-order chi connectivity index (χ0) is 15.4. The Labute approximate surface area is 128 Å². The first-order chi connectivity index (χ1) is 10.0. The van der Waals surface area contributed by atoms with Crippen LogP contribution in [0.4, 0.5) is 4.39 Å². The lowest BCUT2D eigenvalue weighted by Crippen LogP contribution is -2.26. The Kier molecular flexibility index (Phi) is 5.33. The minimum atomic E-state index is -0.293. The fourth-order valence-corrected chi connectivity index (χ4v) is 2.40. The van der Waals surface area contributed by atoms with Crippen LogP contribution in [0, 0.1) is 12.7 Å². The zero-order valence-electron chi connectivity index (χ0n) is 12.1. The number of halogens is 2. The van der Waals surface area contributed by atoms with E-state index in [0.29, 0.717) is 18.1 Å². The van der Waals surface area contributed by atoms with Gasteiger partial charge in [-0.2, -0.15) is 5.10 Å². The maximum absolute atomic E-state index is 13.0. The summed E-state index contributed by atoms with van der Waals surface area (Å²) in [6, 6.07) is 6.23. The third-order valence-electron chi connectivity index (χ3n) is 3.38. The molecule has 0 fully saturated rings. The minimum Gasteiger partial charge on any atom is -0.396 e. The molecule has 0 aliphatic rings. The summed E-state index contributed by atoms with van der Waals surface area (Å²) >= 11 is 6.38.